The second-order valence-electron chi connectivity index (χ2n) is 4.95. The molecule has 0 aromatic carbocycles. The van der Waals surface area contributed by atoms with Gasteiger partial charge in [-0.3, -0.25) is 4.90 Å². The summed E-state index contributed by atoms with van der Waals surface area (Å²) >= 11 is 7.29. The van der Waals surface area contributed by atoms with Crippen LogP contribution < -0.4 is 0 Å². The fourth-order valence-electron chi connectivity index (χ4n) is 1.61. The van der Waals surface area contributed by atoms with Crippen molar-refractivity contribution in [2.24, 2.45) is 0 Å². The van der Waals surface area contributed by atoms with E-state index >= 15 is 0 Å². The maximum absolute atomic E-state index is 11.8. The Morgan fingerprint density at radius 1 is 1.53 bits per heavy atom. The van der Waals surface area contributed by atoms with E-state index in [9.17, 15) is 4.79 Å². The minimum Gasteiger partial charge on any atom is -0.444 e. The van der Waals surface area contributed by atoms with Crippen molar-refractivity contribution in [2.45, 2.75) is 45.3 Å². The smallest absolute Gasteiger partial charge is 0.410 e. The molecule has 0 aliphatic carbocycles. The van der Waals surface area contributed by atoms with Gasteiger partial charge in [-0.15, -0.1) is 22.9 Å². The Kier molecular flexibility index (Phi) is 3.32. The minimum atomic E-state index is -0.457. The number of thiazole rings is 1. The van der Waals surface area contributed by atoms with Gasteiger partial charge < -0.3 is 4.74 Å². The van der Waals surface area contributed by atoms with Crippen LogP contribution in [0, 0.1) is 0 Å². The van der Waals surface area contributed by atoms with Crippen molar-refractivity contribution in [3.63, 3.8) is 0 Å². The van der Waals surface area contributed by atoms with Gasteiger partial charge in [-0.2, -0.15) is 0 Å². The number of carbonyl (C=O) groups excluding carboxylic acids is 1. The molecule has 0 atom stereocenters. The molecular formula is C11H15ClN2O2S. The molecule has 0 bridgehead atoms. The van der Waals surface area contributed by atoms with E-state index in [1.54, 1.807) is 16.2 Å². The molecule has 0 N–H and O–H groups in total. The lowest BCUT2D eigenvalue weighted by atomic mass is 10.2. The second kappa shape index (κ2) is 4.46. The van der Waals surface area contributed by atoms with Crippen LogP contribution in [0.3, 0.4) is 0 Å². The molecule has 0 saturated heterocycles. The molecule has 1 aliphatic rings. The molecule has 1 amide bonds. The molecule has 4 nitrogen and oxygen atoms in total. The third-order valence-corrected chi connectivity index (χ3v) is 3.76. The van der Waals surface area contributed by atoms with E-state index in [-0.39, 0.29) is 6.09 Å². The number of rotatable bonds is 1. The molecule has 2 heterocycles. The number of amides is 1. The fourth-order valence-corrected chi connectivity index (χ4v) is 2.77. The maximum atomic E-state index is 11.8. The van der Waals surface area contributed by atoms with Crippen molar-refractivity contribution in [2.75, 3.05) is 0 Å². The molecular weight excluding hydrogens is 260 g/mol. The summed E-state index contributed by atoms with van der Waals surface area (Å²) < 4.78 is 5.32. The molecule has 0 spiro atoms. The van der Waals surface area contributed by atoms with Crippen molar-refractivity contribution in [1.82, 2.24) is 9.88 Å². The summed E-state index contributed by atoms with van der Waals surface area (Å²) in [6.07, 6.45) is -0.282. The first kappa shape index (κ1) is 12.6. The molecule has 17 heavy (non-hydrogen) atoms. The lowest BCUT2D eigenvalue weighted by molar-refractivity contribution is 0.0241. The summed E-state index contributed by atoms with van der Waals surface area (Å²) in [5, 5.41) is 0.917. The van der Waals surface area contributed by atoms with Gasteiger partial charge in [0.2, 0.25) is 0 Å². The summed E-state index contributed by atoms with van der Waals surface area (Å²) in [7, 11) is 0. The van der Waals surface area contributed by atoms with Crippen LogP contribution in [0.5, 0.6) is 0 Å². The summed E-state index contributed by atoms with van der Waals surface area (Å²) in [6, 6.07) is 0. The highest BCUT2D eigenvalue weighted by molar-refractivity contribution is 7.12. The van der Waals surface area contributed by atoms with Gasteiger partial charge in [0.15, 0.2) is 0 Å². The van der Waals surface area contributed by atoms with Crippen LogP contribution in [0.25, 0.3) is 0 Å². The fraction of sp³-hybridized carbons (Fsp3) is 0.636. The van der Waals surface area contributed by atoms with Crippen LogP contribution in [0.1, 0.15) is 36.3 Å². The highest BCUT2D eigenvalue weighted by Gasteiger charge is 2.30. The van der Waals surface area contributed by atoms with Gasteiger partial charge in [-0.05, 0) is 20.8 Å². The minimum absolute atomic E-state index is 0.282. The number of alkyl halides is 1. The number of carbonyl (C=O) groups is 1. The first-order chi connectivity index (χ1) is 7.89. The van der Waals surface area contributed by atoms with E-state index in [1.807, 2.05) is 20.8 Å². The molecule has 1 aromatic rings. The number of halogens is 1. The SMILES string of the molecule is CC(C)(C)OC(=O)N1Cc2nc(CCl)sc2C1. The van der Waals surface area contributed by atoms with Gasteiger partial charge in [0.25, 0.3) is 0 Å². The summed E-state index contributed by atoms with van der Waals surface area (Å²) in [5.74, 6) is 0.435. The van der Waals surface area contributed by atoms with E-state index in [1.165, 1.54) is 0 Å². The zero-order chi connectivity index (χ0) is 12.6. The number of hydrogen-bond acceptors (Lipinski definition) is 4. The van der Waals surface area contributed by atoms with Crippen LogP contribution >= 0.6 is 22.9 Å². The Hall–Kier alpha value is -0.810. The number of ether oxygens (including phenoxy) is 1. The predicted molar refractivity (Wildman–Crippen MR) is 67.2 cm³/mol. The van der Waals surface area contributed by atoms with E-state index in [4.69, 9.17) is 16.3 Å². The Labute approximate surface area is 110 Å². The zero-order valence-corrected chi connectivity index (χ0v) is 11.7. The number of aromatic nitrogens is 1. The molecule has 0 unspecified atom stereocenters. The highest BCUT2D eigenvalue weighted by atomic mass is 35.5. The Balaban J connectivity index is 2.00. The van der Waals surface area contributed by atoms with Crippen molar-refractivity contribution >= 4 is 29.0 Å². The first-order valence-electron chi connectivity index (χ1n) is 5.40. The van der Waals surface area contributed by atoms with E-state index < -0.39 is 5.60 Å². The van der Waals surface area contributed by atoms with E-state index in [0.29, 0.717) is 19.0 Å². The molecule has 2 rings (SSSR count). The average Bonchev–Trinajstić information content (AvgIpc) is 2.70. The van der Waals surface area contributed by atoms with Gasteiger partial charge in [-0.1, -0.05) is 0 Å². The normalized spacial score (nSPS) is 14.9. The van der Waals surface area contributed by atoms with E-state index in [0.717, 1.165) is 15.6 Å². The quantitative estimate of drug-likeness (QED) is 0.739. The summed E-state index contributed by atoms with van der Waals surface area (Å²) in [6.45, 7) is 6.69. The molecule has 0 radical (unpaired) electrons. The number of nitrogens with zero attached hydrogens (tertiary/aromatic N) is 2. The van der Waals surface area contributed by atoms with Gasteiger partial charge >= 0.3 is 6.09 Å². The molecule has 94 valence electrons. The monoisotopic (exact) mass is 274 g/mol. The van der Waals surface area contributed by atoms with Crippen LogP contribution in [-0.2, 0) is 23.7 Å². The van der Waals surface area contributed by atoms with Crippen molar-refractivity contribution < 1.29 is 9.53 Å². The molecule has 1 aliphatic heterocycles. The Morgan fingerprint density at radius 2 is 2.24 bits per heavy atom. The average molecular weight is 275 g/mol. The molecule has 0 saturated carbocycles. The standard InChI is InChI=1S/C11H15ClN2O2S/c1-11(2,3)16-10(15)14-5-7-8(6-14)17-9(4-12)13-7/h4-6H2,1-3H3. The number of hydrogen-bond donors (Lipinski definition) is 0. The predicted octanol–water partition coefficient (Wildman–Crippen LogP) is 3.13. The Bertz CT molecular complexity index is 416. The summed E-state index contributed by atoms with van der Waals surface area (Å²) in [5.41, 5.74) is 0.499. The highest BCUT2D eigenvalue weighted by Crippen LogP contribution is 2.29. The van der Waals surface area contributed by atoms with Crippen LogP contribution in [0.2, 0.25) is 0 Å². The Morgan fingerprint density at radius 3 is 2.76 bits per heavy atom. The largest absolute Gasteiger partial charge is 0.444 e. The lowest BCUT2D eigenvalue weighted by Gasteiger charge is -2.24. The molecule has 1 aromatic heterocycles. The number of fused-ring (bicyclic) bond motifs is 1. The topological polar surface area (TPSA) is 42.4 Å². The molecule has 6 heteroatoms. The van der Waals surface area contributed by atoms with Crippen molar-refractivity contribution in [1.29, 1.82) is 0 Å². The first-order valence-corrected chi connectivity index (χ1v) is 6.75. The van der Waals surface area contributed by atoms with Gasteiger partial charge in [-0.25, -0.2) is 9.78 Å². The zero-order valence-electron chi connectivity index (χ0n) is 10.1. The van der Waals surface area contributed by atoms with Crippen LogP contribution in [0.15, 0.2) is 0 Å². The van der Waals surface area contributed by atoms with Crippen LogP contribution in [-0.4, -0.2) is 21.6 Å². The maximum Gasteiger partial charge on any atom is 0.410 e. The third kappa shape index (κ3) is 2.90. The summed E-state index contributed by atoms with van der Waals surface area (Å²) in [4.78, 5) is 19.0. The van der Waals surface area contributed by atoms with Crippen molar-refractivity contribution in [3.05, 3.63) is 15.6 Å². The third-order valence-electron chi connectivity index (χ3n) is 2.26. The van der Waals surface area contributed by atoms with Gasteiger partial charge in [0.05, 0.1) is 24.7 Å². The van der Waals surface area contributed by atoms with E-state index in [2.05, 4.69) is 4.98 Å². The second-order valence-corrected chi connectivity index (χ2v) is 6.38. The van der Waals surface area contributed by atoms with Crippen LogP contribution in [0.4, 0.5) is 4.79 Å². The van der Waals surface area contributed by atoms with Crippen molar-refractivity contribution in [3.8, 4) is 0 Å². The lowest BCUT2D eigenvalue weighted by Crippen LogP contribution is -2.33. The van der Waals surface area contributed by atoms with Gasteiger partial charge in [0, 0.05) is 4.88 Å². The molecule has 0 fully saturated rings. The van der Waals surface area contributed by atoms with Gasteiger partial charge in [0.1, 0.15) is 10.6 Å².